The highest BCUT2D eigenvalue weighted by Gasteiger charge is 2.22. The van der Waals surface area contributed by atoms with Crippen molar-refractivity contribution in [3.63, 3.8) is 0 Å². The number of rotatable bonds is 7. The predicted octanol–water partition coefficient (Wildman–Crippen LogP) is 4.84. The first-order chi connectivity index (χ1) is 13.0. The number of allylic oxidation sites excluding steroid dienone is 2. The molecule has 0 bridgehead atoms. The Hall–Kier alpha value is -2.07. The third kappa shape index (κ3) is 5.46. The molecule has 2 aliphatic rings. The Bertz CT molecular complexity index is 713. The molecule has 0 saturated carbocycles. The van der Waals surface area contributed by atoms with Crippen molar-refractivity contribution < 1.29 is 0 Å². The number of nitrogens with one attached hydrogen (secondary N) is 2. The van der Waals surface area contributed by atoms with Crippen molar-refractivity contribution in [3.8, 4) is 0 Å². The van der Waals surface area contributed by atoms with Gasteiger partial charge in [0.1, 0.15) is 0 Å². The lowest BCUT2D eigenvalue weighted by Gasteiger charge is -2.27. The van der Waals surface area contributed by atoms with Crippen LogP contribution >= 0.6 is 0 Å². The van der Waals surface area contributed by atoms with Crippen LogP contribution in [-0.4, -0.2) is 30.2 Å². The maximum Gasteiger partial charge on any atom is 0.0865 e. The van der Waals surface area contributed by atoms with E-state index >= 15 is 0 Å². The van der Waals surface area contributed by atoms with E-state index in [-0.39, 0.29) is 0 Å². The molecule has 2 N–H and O–H groups in total. The van der Waals surface area contributed by atoms with E-state index in [9.17, 15) is 0 Å². The van der Waals surface area contributed by atoms with Gasteiger partial charge in [-0.1, -0.05) is 30.7 Å². The molecule has 3 rings (SSSR count). The summed E-state index contributed by atoms with van der Waals surface area (Å²) in [5.74, 6) is 0.391. The van der Waals surface area contributed by atoms with Gasteiger partial charge in [0, 0.05) is 24.7 Å². The van der Waals surface area contributed by atoms with E-state index in [1.54, 1.807) is 0 Å². The zero-order chi connectivity index (χ0) is 19.2. The molecule has 2 heterocycles. The van der Waals surface area contributed by atoms with Crippen LogP contribution in [0.15, 0.2) is 47.7 Å². The van der Waals surface area contributed by atoms with Gasteiger partial charge in [0.15, 0.2) is 0 Å². The standard InChI is InChI=1S/C23H34N4/c1-17(2)14-21-10-11-24-26-23(21)19(4)25-22-9-8-20(15-18(22)3)16-27-12-6-5-7-13-27/h8-9,15,21,24-25H,1,4-7,10-14,16H2,2-3H3. The molecule has 0 radical (unpaired) electrons. The molecule has 1 aromatic rings. The van der Waals surface area contributed by atoms with Crippen LogP contribution in [0.25, 0.3) is 0 Å². The molecular formula is C23H34N4. The monoisotopic (exact) mass is 366 g/mol. The molecule has 4 nitrogen and oxygen atoms in total. The van der Waals surface area contributed by atoms with E-state index in [1.807, 2.05) is 0 Å². The van der Waals surface area contributed by atoms with Crippen LogP contribution in [0.4, 0.5) is 5.69 Å². The maximum atomic E-state index is 4.54. The molecule has 1 saturated heterocycles. The van der Waals surface area contributed by atoms with Gasteiger partial charge in [-0.2, -0.15) is 5.10 Å². The summed E-state index contributed by atoms with van der Waals surface area (Å²) in [4.78, 5) is 2.56. The first-order valence-electron chi connectivity index (χ1n) is 10.3. The van der Waals surface area contributed by atoms with Crippen LogP contribution in [0.5, 0.6) is 0 Å². The summed E-state index contributed by atoms with van der Waals surface area (Å²) in [5, 5.41) is 8.05. The molecule has 1 aromatic carbocycles. The lowest BCUT2D eigenvalue weighted by Crippen LogP contribution is -2.31. The molecule has 2 aliphatic heterocycles. The highest BCUT2D eigenvalue weighted by molar-refractivity contribution is 6.04. The average Bonchev–Trinajstić information content (AvgIpc) is 2.65. The molecule has 146 valence electrons. The Balaban J connectivity index is 1.64. The number of hydrogen-bond acceptors (Lipinski definition) is 4. The topological polar surface area (TPSA) is 39.7 Å². The molecular weight excluding hydrogens is 332 g/mol. The predicted molar refractivity (Wildman–Crippen MR) is 116 cm³/mol. The third-order valence-electron chi connectivity index (χ3n) is 5.53. The van der Waals surface area contributed by atoms with Gasteiger partial charge < -0.3 is 10.7 Å². The van der Waals surface area contributed by atoms with Crippen molar-refractivity contribution in [1.29, 1.82) is 0 Å². The maximum absolute atomic E-state index is 4.54. The number of piperidine rings is 1. The molecule has 0 aliphatic carbocycles. The SMILES string of the molecule is C=C(C)CC1CCNN=C1C(=C)Nc1ccc(CN2CCCCC2)cc1C. The summed E-state index contributed by atoms with van der Waals surface area (Å²) in [6.07, 6.45) is 6.08. The molecule has 0 amide bonds. The quantitative estimate of drug-likeness (QED) is 0.679. The van der Waals surface area contributed by atoms with Gasteiger partial charge in [-0.3, -0.25) is 4.90 Å². The smallest absolute Gasteiger partial charge is 0.0865 e. The Morgan fingerprint density at radius 1 is 1.26 bits per heavy atom. The Kier molecular flexibility index (Phi) is 6.73. The van der Waals surface area contributed by atoms with E-state index in [2.05, 4.69) is 65.9 Å². The Morgan fingerprint density at radius 3 is 2.74 bits per heavy atom. The van der Waals surface area contributed by atoms with E-state index in [0.717, 1.165) is 43.0 Å². The average molecular weight is 367 g/mol. The largest absolute Gasteiger partial charge is 0.354 e. The van der Waals surface area contributed by atoms with Crippen LogP contribution in [0.2, 0.25) is 0 Å². The zero-order valence-corrected chi connectivity index (χ0v) is 17.0. The number of nitrogens with zero attached hydrogens (tertiary/aromatic N) is 2. The minimum Gasteiger partial charge on any atom is -0.354 e. The van der Waals surface area contributed by atoms with E-state index in [0.29, 0.717) is 5.92 Å². The van der Waals surface area contributed by atoms with Gasteiger partial charge in [-0.15, -0.1) is 6.58 Å². The summed E-state index contributed by atoms with van der Waals surface area (Å²) in [7, 11) is 0. The highest BCUT2D eigenvalue weighted by Crippen LogP contribution is 2.25. The van der Waals surface area contributed by atoms with Crippen LogP contribution in [0.1, 0.15) is 50.2 Å². The van der Waals surface area contributed by atoms with Crippen LogP contribution in [0.3, 0.4) is 0 Å². The van der Waals surface area contributed by atoms with Gasteiger partial charge in [-0.25, -0.2) is 0 Å². The van der Waals surface area contributed by atoms with Gasteiger partial charge in [0.25, 0.3) is 0 Å². The van der Waals surface area contributed by atoms with Crippen molar-refractivity contribution in [3.05, 3.63) is 53.8 Å². The van der Waals surface area contributed by atoms with Gasteiger partial charge in [0.2, 0.25) is 0 Å². The Labute approximate surface area is 164 Å². The van der Waals surface area contributed by atoms with Gasteiger partial charge >= 0.3 is 0 Å². The molecule has 1 unspecified atom stereocenters. The molecule has 1 fully saturated rings. The fraction of sp³-hybridized carbons (Fsp3) is 0.522. The summed E-state index contributed by atoms with van der Waals surface area (Å²) < 4.78 is 0. The van der Waals surface area contributed by atoms with E-state index < -0.39 is 0 Å². The second kappa shape index (κ2) is 9.23. The highest BCUT2D eigenvalue weighted by atomic mass is 15.3. The summed E-state index contributed by atoms with van der Waals surface area (Å²) in [6.45, 7) is 17.0. The zero-order valence-electron chi connectivity index (χ0n) is 17.0. The summed E-state index contributed by atoms with van der Waals surface area (Å²) in [5.41, 5.74) is 10.0. The first-order valence-corrected chi connectivity index (χ1v) is 10.3. The van der Waals surface area contributed by atoms with E-state index in [1.165, 1.54) is 49.1 Å². The number of hydrazone groups is 1. The third-order valence-corrected chi connectivity index (χ3v) is 5.53. The second-order valence-corrected chi connectivity index (χ2v) is 8.14. The van der Waals surface area contributed by atoms with Crippen molar-refractivity contribution in [1.82, 2.24) is 10.3 Å². The lowest BCUT2D eigenvalue weighted by atomic mass is 9.90. The minimum absolute atomic E-state index is 0.391. The second-order valence-electron chi connectivity index (χ2n) is 8.14. The fourth-order valence-corrected chi connectivity index (χ4v) is 4.11. The van der Waals surface area contributed by atoms with Crippen LogP contribution < -0.4 is 10.7 Å². The molecule has 1 atom stereocenters. The fourth-order valence-electron chi connectivity index (χ4n) is 4.11. The molecule has 27 heavy (non-hydrogen) atoms. The number of benzene rings is 1. The normalized spacial score (nSPS) is 20.5. The summed E-state index contributed by atoms with van der Waals surface area (Å²) >= 11 is 0. The van der Waals surface area contributed by atoms with Crippen LogP contribution in [0, 0.1) is 12.8 Å². The van der Waals surface area contributed by atoms with E-state index in [4.69, 9.17) is 0 Å². The van der Waals surface area contributed by atoms with Crippen molar-refractivity contribution >= 4 is 11.4 Å². The molecule has 4 heteroatoms. The first kappa shape index (κ1) is 19.7. The van der Waals surface area contributed by atoms with Gasteiger partial charge in [0.05, 0.1) is 11.4 Å². The van der Waals surface area contributed by atoms with Gasteiger partial charge in [-0.05, 0) is 69.8 Å². The summed E-state index contributed by atoms with van der Waals surface area (Å²) in [6, 6.07) is 6.73. The minimum atomic E-state index is 0.391. The van der Waals surface area contributed by atoms with Crippen molar-refractivity contribution in [2.75, 3.05) is 25.0 Å². The number of aryl methyl sites for hydroxylation is 1. The number of likely N-dealkylation sites (tertiary alicyclic amines) is 1. The molecule has 0 spiro atoms. The number of anilines is 1. The van der Waals surface area contributed by atoms with Crippen molar-refractivity contribution in [2.45, 2.75) is 52.5 Å². The molecule has 0 aromatic heterocycles. The lowest BCUT2D eigenvalue weighted by molar-refractivity contribution is 0.221. The van der Waals surface area contributed by atoms with Crippen molar-refractivity contribution in [2.24, 2.45) is 11.0 Å². The van der Waals surface area contributed by atoms with Crippen LogP contribution in [-0.2, 0) is 6.54 Å². The Morgan fingerprint density at radius 2 is 2.04 bits per heavy atom. The number of hydrogen-bond donors (Lipinski definition) is 2.